The Morgan fingerprint density at radius 3 is 2.79 bits per heavy atom. The van der Waals surface area contributed by atoms with E-state index in [1.807, 2.05) is 43.3 Å². The van der Waals surface area contributed by atoms with Crippen LogP contribution < -0.4 is 5.56 Å². The van der Waals surface area contributed by atoms with Gasteiger partial charge in [0.25, 0.3) is 5.56 Å². The molecule has 3 aromatic heterocycles. The Kier molecular flexibility index (Phi) is 5.22. The SMILES string of the molecule is CCc1cc2c(=O)n(CC(=O)N(C)Cc3nnc(-c4ccccc4)o3)cnc2s1. The first kappa shape index (κ1) is 19.0. The van der Waals surface area contributed by atoms with Gasteiger partial charge in [0.15, 0.2) is 0 Å². The molecule has 1 amide bonds. The van der Waals surface area contributed by atoms with Gasteiger partial charge in [-0.15, -0.1) is 21.5 Å². The second-order valence-corrected chi connectivity index (χ2v) is 7.69. The number of carbonyl (C=O) groups excluding carboxylic acids is 1. The molecule has 0 aliphatic carbocycles. The van der Waals surface area contributed by atoms with Crippen molar-refractivity contribution in [2.75, 3.05) is 7.05 Å². The van der Waals surface area contributed by atoms with Gasteiger partial charge in [0.05, 0.1) is 18.3 Å². The summed E-state index contributed by atoms with van der Waals surface area (Å²) in [6.07, 6.45) is 2.27. The van der Waals surface area contributed by atoms with Gasteiger partial charge in [0, 0.05) is 17.5 Å². The largest absolute Gasteiger partial charge is 0.419 e. The van der Waals surface area contributed by atoms with Crippen LogP contribution in [0.15, 0.2) is 51.9 Å². The maximum atomic E-state index is 12.7. The molecule has 8 nitrogen and oxygen atoms in total. The van der Waals surface area contributed by atoms with Gasteiger partial charge in [-0.2, -0.15) is 0 Å². The standard InChI is InChI=1S/C20H19N5O3S/c1-3-14-9-15-19(29-14)21-12-25(20(15)27)11-17(26)24(2)10-16-22-23-18(28-16)13-7-5-4-6-8-13/h4-9,12H,3,10-11H2,1-2H3. The Hall–Kier alpha value is -3.33. The first-order valence-electron chi connectivity index (χ1n) is 9.14. The van der Waals surface area contributed by atoms with Crippen LogP contribution in [-0.2, 0) is 24.3 Å². The van der Waals surface area contributed by atoms with Crippen LogP contribution in [0, 0.1) is 0 Å². The van der Waals surface area contributed by atoms with E-state index in [1.165, 1.54) is 27.1 Å². The topological polar surface area (TPSA) is 94.1 Å². The Labute approximate surface area is 170 Å². The molecule has 148 valence electrons. The van der Waals surface area contributed by atoms with E-state index in [9.17, 15) is 9.59 Å². The van der Waals surface area contributed by atoms with Gasteiger partial charge in [-0.05, 0) is 24.6 Å². The highest BCUT2D eigenvalue weighted by Gasteiger charge is 2.17. The number of aryl methyl sites for hydroxylation is 1. The van der Waals surface area contributed by atoms with Crippen LogP contribution in [0.3, 0.4) is 0 Å². The lowest BCUT2D eigenvalue weighted by Crippen LogP contribution is -2.33. The number of carbonyl (C=O) groups is 1. The monoisotopic (exact) mass is 409 g/mol. The number of fused-ring (bicyclic) bond motifs is 1. The number of amides is 1. The highest BCUT2D eigenvalue weighted by Crippen LogP contribution is 2.21. The van der Waals surface area contributed by atoms with E-state index in [0.29, 0.717) is 22.0 Å². The molecule has 3 heterocycles. The van der Waals surface area contributed by atoms with Gasteiger partial charge in [-0.1, -0.05) is 25.1 Å². The van der Waals surface area contributed by atoms with E-state index in [-0.39, 0.29) is 24.6 Å². The smallest absolute Gasteiger partial charge is 0.262 e. The predicted octanol–water partition coefficient (Wildman–Crippen LogP) is 2.73. The number of nitrogens with zero attached hydrogens (tertiary/aromatic N) is 5. The van der Waals surface area contributed by atoms with Gasteiger partial charge in [-0.25, -0.2) is 4.98 Å². The molecule has 0 saturated carbocycles. The van der Waals surface area contributed by atoms with E-state index in [4.69, 9.17) is 4.42 Å². The second-order valence-electron chi connectivity index (χ2n) is 6.58. The van der Waals surface area contributed by atoms with Crippen LogP contribution in [0.2, 0.25) is 0 Å². The zero-order chi connectivity index (χ0) is 20.4. The number of rotatable bonds is 6. The Balaban J connectivity index is 1.46. The van der Waals surface area contributed by atoms with Gasteiger partial charge in [0.2, 0.25) is 17.7 Å². The third-order valence-electron chi connectivity index (χ3n) is 4.51. The van der Waals surface area contributed by atoms with Gasteiger partial charge >= 0.3 is 0 Å². The molecule has 0 bridgehead atoms. The first-order chi connectivity index (χ1) is 14.0. The molecule has 9 heteroatoms. The quantitative estimate of drug-likeness (QED) is 0.486. The Morgan fingerprint density at radius 1 is 1.24 bits per heavy atom. The van der Waals surface area contributed by atoms with Crippen LogP contribution in [-0.4, -0.2) is 37.6 Å². The number of likely N-dealkylation sites (N-methyl/N-ethyl adjacent to an activating group) is 1. The minimum absolute atomic E-state index is 0.102. The Morgan fingerprint density at radius 2 is 2.03 bits per heavy atom. The third kappa shape index (κ3) is 3.95. The molecule has 0 atom stereocenters. The van der Waals surface area contributed by atoms with Gasteiger partial charge in [0.1, 0.15) is 11.4 Å². The molecule has 0 fully saturated rings. The molecule has 0 aliphatic heterocycles. The maximum absolute atomic E-state index is 12.7. The van der Waals surface area contributed by atoms with E-state index in [1.54, 1.807) is 7.05 Å². The normalized spacial score (nSPS) is 11.1. The lowest BCUT2D eigenvalue weighted by atomic mass is 10.2. The number of aromatic nitrogens is 4. The molecule has 0 unspecified atom stereocenters. The van der Waals surface area contributed by atoms with E-state index >= 15 is 0 Å². The highest BCUT2D eigenvalue weighted by atomic mass is 32.1. The zero-order valence-corrected chi connectivity index (χ0v) is 16.8. The molecule has 29 heavy (non-hydrogen) atoms. The lowest BCUT2D eigenvalue weighted by Gasteiger charge is -2.15. The van der Waals surface area contributed by atoms with E-state index in [2.05, 4.69) is 15.2 Å². The molecular weight excluding hydrogens is 390 g/mol. The molecule has 0 aliphatic rings. The minimum atomic E-state index is -0.251. The average Bonchev–Trinajstić information content (AvgIpc) is 3.38. The van der Waals surface area contributed by atoms with Crippen molar-refractivity contribution in [1.29, 1.82) is 0 Å². The molecule has 1 aromatic carbocycles. The molecule has 0 saturated heterocycles. The first-order valence-corrected chi connectivity index (χ1v) is 9.96. The van der Waals surface area contributed by atoms with Crippen molar-refractivity contribution >= 4 is 27.5 Å². The summed E-state index contributed by atoms with van der Waals surface area (Å²) in [4.78, 5) is 32.8. The fraction of sp³-hybridized carbons (Fsp3) is 0.250. The second kappa shape index (κ2) is 7.96. The minimum Gasteiger partial charge on any atom is -0.419 e. The summed E-state index contributed by atoms with van der Waals surface area (Å²) in [7, 11) is 1.63. The van der Waals surface area contributed by atoms with Crippen molar-refractivity contribution in [3.8, 4) is 11.5 Å². The average molecular weight is 409 g/mol. The third-order valence-corrected chi connectivity index (χ3v) is 5.70. The molecule has 4 aromatic rings. The number of hydrogen-bond acceptors (Lipinski definition) is 7. The predicted molar refractivity (Wildman–Crippen MR) is 109 cm³/mol. The Bertz CT molecular complexity index is 1210. The fourth-order valence-corrected chi connectivity index (χ4v) is 3.79. The van der Waals surface area contributed by atoms with Crippen molar-refractivity contribution in [3.05, 3.63) is 63.8 Å². The summed E-state index contributed by atoms with van der Waals surface area (Å²) in [6.45, 7) is 2.08. The zero-order valence-electron chi connectivity index (χ0n) is 16.0. The summed E-state index contributed by atoms with van der Waals surface area (Å²) < 4.78 is 6.97. The molecule has 4 rings (SSSR count). The van der Waals surface area contributed by atoms with Crippen LogP contribution in [0.4, 0.5) is 0 Å². The summed E-state index contributed by atoms with van der Waals surface area (Å²) >= 11 is 1.50. The van der Waals surface area contributed by atoms with Crippen molar-refractivity contribution in [2.24, 2.45) is 0 Å². The van der Waals surface area contributed by atoms with Crippen molar-refractivity contribution in [2.45, 2.75) is 26.4 Å². The van der Waals surface area contributed by atoms with Crippen molar-refractivity contribution in [1.82, 2.24) is 24.6 Å². The highest BCUT2D eigenvalue weighted by molar-refractivity contribution is 7.18. The molecular formula is C20H19N5O3S. The van der Waals surface area contributed by atoms with Crippen LogP contribution in [0.25, 0.3) is 21.7 Å². The van der Waals surface area contributed by atoms with Crippen molar-refractivity contribution in [3.63, 3.8) is 0 Å². The fourth-order valence-electron chi connectivity index (χ4n) is 2.87. The summed E-state index contributed by atoms with van der Waals surface area (Å²) in [5.41, 5.74) is 0.602. The summed E-state index contributed by atoms with van der Waals surface area (Å²) in [6, 6.07) is 11.3. The molecule has 0 spiro atoms. The van der Waals surface area contributed by atoms with Gasteiger partial charge < -0.3 is 9.32 Å². The summed E-state index contributed by atoms with van der Waals surface area (Å²) in [5, 5.41) is 8.58. The number of thiophene rings is 1. The van der Waals surface area contributed by atoms with Crippen LogP contribution in [0.1, 0.15) is 17.7 Å². The van der Waals surface area contributed by atoms with Crippen LogP contribution in [0.5, 0.6) is 0 Å². The van der Waals surface area contributed by atoms with Gasteiger partial charge in [-0.3, -0.25) is 14.2 Å². The van der Waals surface area contributed by atoms with Crippen molar-refractivity contribution < 1.29 is 9.21 Å². The maximum Gasteiger partial charge on any atom is 0.262 e. The van der Waals surface area contributed by atoms with E-state index < -0.39 is 0 Å². The summed E-state index contributed by atoms with van der Waals surface area (Å²) in [5.74, 6) is 0.473. The number of benzene rings is 1. The molecule has 0 N–H and O–H groups in total. The number of hydrogen-bond donors (Lipinski definition) is 0. The van der Waals surface area contributed by atoms with E-state index in [0.717, 1.165) is 16.9 Å². The van der Waals surface area contributed by atoms with Crippen LogP contribution >= 0.6 is 11.3 Å². The lowest BCUT2D eigenvalue weighted by molar-refractivity contribution is -0.131. The molecule has 0 radical (unpaired) electrons.